The van der Waals surface area contributed by atoms with Crippen molar-refractivity contribution >= 4 is 17.4 Å². The van der Waals surface area contributed by atoms with E-state index in [1.807, 2.05) is 31.2 Å². The van der Waals surface area contributed by atoms with Crippen LogP contribution in [0.15, 0.2) is 58.3 Å². The maximum atomic E-state index is 10.6. The Morgan fingerprint density at radius 2 is 1.53 bits per heavy atom. The molecular formula is C14H14N2O2S. The molecule has 0 bridgehead atoms. The first-order valence-corrected chi connectivity index (χ1v) is 6.66. The average molecular weight is 274 g/mol. The van der Waals surface area contributed by atoms with E-state index in [9.17, 15) is 10.1 Å². The van der Waals surface area contributed by atoms with Crippen molar-refractivity contribution in [2.75, 3.05) is 0 Å². The van der Waals surface area contributed by atoms with Crippen LogP contribution in [-0.4, -0.2) is 4.92 Å². The molecule has 0 unspecified atom stereocenters. The molecule has 0 radical (unpaired) electrons. The zero-order valence-corrected chi connectivity index (χ0v) is 11.3. The predicted octanol–water partition coefficient (Wildman–Crippen LogP) is 3.77. The third kappa shape index (κ3) is 3.56. The monoisotopic (exact) mass is 274 g/mol. The molecule has 98 valence electrons. The van der Waals surface area contributed by atoms with Crippen molar-refractivity contribution in [2.24, 2.45) is 5.73 Å². The summed E-state index contributed by atoms with van der Waals surface area (Å²) in [7, 11) is 0. The molecule has 5 heteroatoms. The first kappa shape index (κ1) is 13.6. The van der Waals surface area contributed by atoms with Crippen LogP contribution in [0.25, 0.3) is 0 Å². The summed E-state index contributed by atoms with van der Waals surface area (Å²) in [5.41, 5.74) is 6.99. The quantitative estimate of drug-likeness (QED) is 0.680. The third-order valence-electron chi connectivity index (χ3n) is 2.69. The Hall–Kier alpha value is -1.85. The summed E-state index contributed by atoms with van der Waals surface area (Å²) in [4.78, 5) is 12.2. The van der Waals surface area contributed by atoms with Crippen LogP contribution in [-0.2, 0) is 0 Å². The van der Waals surface area contributed by atoms with E-state index in [-0.39, 0.29) is 11.7 Å². The number of benzene rings is 2. The van der Waals surface area contributed by atoms with Gasteiger partial charge in [-0.05, 0) is 36.8 Å². The summed E-state index contributed by atoms with van der Waals surface area (Å²) in [6, 6.07) is 14.6. The zero-order valence-electron chi connectivity index (χ0n) is 10.4. The van der Waals surface area contributed by atoms with Crippen LogP contribution in [0, 0.1) is 10.1 Å². The van der Waals surface area contributed by atoms with Crippen molar-refractivity contribution in [2.45, 2.75) is 22.8 Å². The lowest BCUT2D eigenvalue weighted by Gasteiger charge is -2.06. The molecule has 0 spiro atoms. The maximum Gasteiger partial charge on any atom is 0.269 e. The average Bonchev–Trinajstić information content (AvgIpc) is 2.40. The molecule has 0 amide bonds. The fourth-order valence-electron chi connectivity index (χ4n) is 1.61. The van der Waals surface area contributed by atoms with Crippen molar-refractivity contribution in [1.29, 1.82) is 0 Å². The van der Waals surface area contributed by atoms with Gasteiger partial charge in [0, 0.05) is 28.0 Å². The van der Waals surface area contributed by atoms with E-state index < -0.39 is 4.92 Å². The Balaban J connectivity index is 2.10. The predicted molar refractivity (Wildman–Crippen MR) is 76.3 cm³/mol. The Morgan fingerprint density at radius 1 is 1.05 bits per heavy atom. The minimum Gasteiger partial charge on any atom is -0.324 e. The van der Waals surface area contributed by atoms with E-state index >= 15 is 0 Å². The van der Waals surface area contributed by atoms with Crippen LogP contribution >= 0.6 is 11.8 Å². The van der Waals surface area contributed by atoms with Crippen LogP contribution in [0.3, 0.4) is 0 Å². The second kappa shape index (κ2) is 5.86. The van der Waals surface area contributed by atoms with Gasteiger partial charge < -0.3 is 5.73 Å². The molecule has 0 aromatic heterocycles. The van der Waals surface area contributed by atoms with Gasteiger partial charge in [0.2, 0.25) is 0 Å². The zero-order chi connectivity index (χ0) is 13.8. The van der Waals surface area contributed by atoms with Gasteiger partial charge in [-0.25, -0.2) is 0 Å². The molecule has 0 fully saturated rings. The first-order chi connectivity index (χ1) is 9.06. The molecule has 0 saturated carbocycles. The number of nitro groups is 1. The van der Waals surface area contributed by atoms with Gasteiger partial charge in [0.1, 0.15) is 0 Å². The molecular weight excluding hydrogens is 260 g/mol. The number of non-ortho nitro benzene ring substituents is 1. The van der Waals surface area contributed by atoms with Crippen LogP contribution < -0.4 is 5.73 Å². The second-order valence-electron chi connectivity index (χ2n) is 4.21. The lowest BCUT2D eigenvalue weighted by atomic mass is 10.1. The number of nitrogens with zero attached hydrogens (tertiary/aromatic N) is 1. The van der Waals surface area contributed by atoms with Crippen molar-refractivity contribution in [3.63, 3.8) is 0 Å². The van der Waals surface area contributed by atoms with Gasteiger partial charge in [-0.1, -0.05) is 23.9 Å². The number of nitrogens with two attached hydrogens (primary N) is 1. The molecule has 19 heavy (non-hydrogen) atoms. The fraction of sp³-hybridized carbons (Fsp3) is 0.143. The number of hydrogen-bond acceptors (Lipinski definition) is 4. The molecule has 0 saturated heterocycles. The SMILES string of the molecule is C[C@@H](N)c1ccc(Sc2ccc([N+](=O)[O-])cc2)cc1. The van der Waals surface area contributed by atoms with E-state index in [1.165, 1.54) is 12.1 Å². The van der Waals surface area contributed by atoms with Crippen molar-refractivity contribution in [3.8, 4) is 0 Å². The van der Waals surface area contributed by atoms with Gasteiger partial charge in [0.25, 0.3) is 5.69 Å². The maximum absolute atomic E-state index is 10.6. The van der Waals surface area contributed by atoms with Crippen LogP contribution in [0.4, 0.5) is 5.69 Å². The summed E-state index contributed by atoms with van der Waals surface area (Å²) in [5.74, 6) is 0. The Labute approximate surface area is 115 Å². The summed E-state index contributed by atoms with van der Waals surface area (Å²) in [6.45, 7) is 1.94. The van der Waals surface area contributed by atoms with Gasteiger partial charge in [0.05, 0.1) is 4.92 Å². The molecule has 2 aromatic carbocycles. The number of hydrogen-bond donors (Lipinski definition) is 1. The van der Waals surface area contributed by atoms with E-state index in [4.69, 9.17) is 5.73 Å². The molecule has 0 aliphatic heterocycles. The highest BCUT2D eigenvalue weighted by Gasteiger charge is 2.05. The van der Waals surface area contributed by atoms with Crippen molar-refractivity contribution in [3.05, 3.63) is 64.2 Å². The number of rotatable bonds is 4. The standard InChI is InChI=1S/C14H14N2O2S/c1-10(15)11-2-6-13(7-3-11)19-14-8-4-12(5-9-14)16(17)18/h2-10H,15H2,1H3/t10-/m1/s1. The molecule has 0 heterocycles. The molecule has 2 rings (SSSR count). The summed E-state index contributed by atoms with van der Waals surface area (Å²) in [5, 5.41) is 10.6. The van der Waals surface area contributed by atoms with Gasteiger partial charge in [-0.2, -0.15) is 0 Å². The molecule has 0 aliphatic carbocycles. The topological polar surface area (TPSA) is 69.2 Å². The number of nitro benzene ring substituents is 1. The molecule has 0 aliphatic rings. The highest BCUT2D eigenvalue weighted by Crippen LogP contribution is 2.29. The van der Waals surface area contributed by atoms with Crippen molar-refractivity contribution < 1.29 is 4.92 Å². The second-order valence-corrected chi connectivity index (χ2v) is 5.36. The molecule has 1 atom stereocenters. The smallest absolute Gasteiger partial charge is 0.269 e. The first-order valence-electron chi connectivity index (χ1n) is 5.84. The fourth-order valence-corrected chi connectivity index (χ4v) is 2.43. The van der Waals surface area contributed by atoms with Crippen LogP contribution in [0.5, 0.6) is 0 Å². The summed E-state index contributed by atoms with van der Waals surface area (Å²) in [6.07, 6.45) is 0. The Morgan fingerprint density at radius 3 is 1.95 bits per heavy atom. The van der Waals surface area contributed by atoms with Gasteiger partial charge >= 0.3 is 0 Å². The lowest BCUT2D eigenvalue weighted by molar-refractivity contribution is -0.384. The van der Waals surface area contributed by atoms with E-state index in [2.05, 4.69) is 0 Å². The van der Waals surface area contributed by atoms with Gasteiger partial charge in [-0.3, -0.25) is 10.1 Å². The van der Waals surface area contributed by atoms with Crippen LogP contribution in [0.2, 0.25) is 0 Å². The Kier molecular flexibility index (Phi) is 4.19. The summed E-state index contributed by atoms with van der Waals surface area (Å²) >= 11 is 1.57. The van der Waals surface area contributed by atoms with E-state index in [0.717, 1.165) is 15.4 Å². The largest absolute Gasteiger partial charge is 0.324 e. The highest BCUT2D eigenvalue weighted by atomic mass is 32.2. The third-order valence-corrected chi connectivity index (χ3v) is 3.70. The highest BCUT2D eigenvalue weighted by molar-refractivity contribution is 7.99. The van der Waals surface area contributed by atoms with Crippen molar-refractivity contribution in [1.82, 2.24) is 0 Å². The molecule has 4 nitrogen and oxygen atoms in total. The van der Waals surface area contributed by atoms with Crippen LogP contribution in [0.1, 0.15) is 18.5 Å². The minimum absolute atomic E-state index is 0.0263. The van der Waals surface area contributed by atoms with E-state index in [0.29, 0.717) is 0 Å². The Bertz CT molecular complexity index is 565. The molecule has 2 N–H and O–H groups in total. The molecule has 2 aromatic rings. The minimum atomic E-state index is -0.397. The van der Waals surface area contributed by atoms with E-state index in [1.54, 1.807) is 23.9 Å². The van der Waals surface area contributed by atoms with Gasteiger partial charge in [-0.15, -0.1) is 0 Å². The van der Waals surface area contributed by atoms with Gasteiger partial charge in [0.15, 0.2) is 0 Å². The lowest BCUT2D eigenvalue weighted by Crippen LogP contribution is -2.04. The normalized spacial score (nSPS) is 12.1. The summed E-state index contributed by atoms with van der Waals surface area (Å²) < 4.78 is 0.